The Labute approximate surface area is 135 Å². The number of hydrogen-bond donors (Lipinski definition) is 1. The third-order valence-corrected chi connectivity index (χ3v) is 3.46. The van der Waals surface area contributed by atoms with Crippen LogP contribution in [0.2, 0.25) is 5.02 Å². The van der Waals surface area contributed by atoms with Gasteiger partial charge in [-0.15, -0.1) is 0 Å². The summed E-state index contributed by atoms with van der Waals surface area (Å²) in [4.78, 5) is 24.2. The largest absolute Gasteiger partial charge is 0.462 e. The lowest BCUT2D eigenvalue weighted by molar-refractivity contribution is -0.138. The summed E-state index contributed by atoms with van der Waals surface area (Å²) in [5.41, 5.74) is -1.36. The number of benzene rings is 1. The molecule has 0 saturated heterocycles. The molecule has 1 N–H and O–H groups in total. The van der Waals surface area contributed by atoms with Crippen LogP contribution in [0.4, 0.5) is 13.2 Å². The van der Waals surface area contributed by atoms with Crippen LogP contribution in [-0.2, 0) is 9.53 Å². The molecule has 124 valence electrons. The summed E-state index contributed by atoms with van der Waals surface area (Å²) in [6.45, 7) is 1.53. The van der Waals surface area contributed by atoms with Crippen molar-refractivity contribution in [3.05, 3.63) is 45.9 Å². The quantitative estimate of drug-likeness (QED) is 0.163. The number of carbonyl (C=O) groups is 2. The Kier molecular flexibility index (Phi) is 5.30. The van der Waals surface area contributed by atoms with Gasteiger partial charge in [-0.3, -0.25) is 4.79 Å². The normalized spacial score (nSPS) is 14.6. The van der Waals surface area contributed by atoms with E-state index >= 15 is 0 Å². The van der Waals surface area contributed by atoms with Crippen LogP contribution in [0, 0.1) is 17.5 Å². The molecule has 0 atom stereocenters. The molecule has 4 nitrogen and oxygen atoms in total. The number of Topliss-reactive ketones (excluding diaryl/α,β-unsaturated/α-hetero) is 1. The van der Waals surface area contributed by atoms with Crippen LogP contribution in [0.1, 0.15) is 30.1 Å². The Hall–Kier alpha value is -2.02. The molecule has 0 spiro atoms. The first kappa shape index (κ1) is 17.3. The molecule has 2 rings (SSSR count). The van der Waals surface area contributed by atoms with Gasteiger partial charge in [-0.05, 0) is 25.8 Å². The molecule has 1 aliphatic carbocycles. The summed E-state index contributed by atoms with van der Waals surface area (Å²) < 4.78 is 45.3. The number of rotatable bonds is 6. The molecule has 1 saturated carbocycles. The molecule has 0 unspecified atom stereocenters. The van der Waals surface area contributed by atoms with Crippen LogP contribution in [-0.4, -0.2) is 24.4 Å². The van der Waals surface area contributed by atoms with Crippen LogP contribution in [0.25, 0.3) is 0 Å². The molecule has 0 radical (unpaired) electrons. The molecule has 1 fully saturated rings. The number of halogens is 4. The number of esters is 1. The van der Waals surface area contributed by atoms with Gasteiger partial charge < -0.3 is 10.1 Å². The van der Waals surface area contributed by atoms with Gasteiger partial charge in [0.1, 0.15) is 10.6 Å². The Balaban J connectivity index is 2.40. The van der Waals surface area contributed by atoms with Gasteiger partial charge in [-0.1, -0.05) is 11.6 Å². The van der Waals surface area contributed by atoms with Crippen molar-refractivity contribution in [3.8, 4) is 0 Å². The van der Waals surface area contributed by atoms with E-state index < -0.39 is 45.4 Å². The topological polar surface area (TPSA) is 55.4 Å². The van der Waals surface area contributed by atoms with Crippen molar-refractivity contribution in [2.75, 3.05) is 6.61 Å². The van der Waals surface area contributed by atoms with Crippen LogP contribution in [0.15, 0.2) is 17.8 Å². The summed E-state index contributed by atoms with van der Waals surface area (Å²) in [5, 5.41) is 1.65. The molecule has 0 amide bonds. The average Bonchev–Trinajstić information content (AvgIpc) is 3.33. The monoisotopic (exact) mass is 347 g/mol. The SMILES string of the molecule is CCOC(=O)/C(=C/NC1CC1)C(=O)c1cc(F)c(F)c(Cl)c1F. The minimum atomic E-state index is -1.60. The standard InChI is InChI=1S/C15H13ClF3NO3/c1-2-23-15(22)9(6-20-7-3-4-7)14(21)8-5-10(17)13(19)11(16)12(8)18/h5-7,20H,2-4H2,1H3/b9-6+. The lowest BCUT2D eigenvalue weighted by Crippen LogP contribution is -2.21. The minimum Gasteiger partial charge on any atom is -0.462 e. The maximum absolute atomic E-state index is 14.0. The summed E-state index contributed by atoms with van der Waals surface area (Å²) in [6, 6.07) is 0.480. The average molecular weight is 348 g/mol. The fourth-order valence-electron chi connectivity index (χ4n) is 1.76. The second kappa shape index (κ2) is 7.04. The Morgan fingerprint density at radius 3 is 2.57 bits per heavy atom. The molecule has 8 heteroatoms. The Morgan fingerprint density at radius 2 is 2.00 bits per heavy atom. The highest BCUT2D eigenvalue weighted by Crippen LogP contribution is 2.27. The van der Waals surface area contributed by atoms with Crippen LogP contribution in [0.5, 0.6) is 0 Å². The first-order valence-electron chi connectivity index (χ1n) is 6.87. The van der Waals surface area contributed by atoms with Crippen molar-refractivity contribution in [1.29, 1.82) is 0 Å². The molecule has 0 bridgehead atoms. The molecule has 23 heavy (non-hydrogen) atoms. The lowest BCUT2D eigenvalue weighted by atomic mass is 10.0. The predicted molar refractivity (Wildman–Crippen MR) is 76.5 cm³/mol. The van der Waals surface area contributed by atoms with Crippen molar-refractivity contribution in [2.45, 2.75) is 25.8 Å². The summed E-state index contributed by atoms with van der Waals surface area (Å²) in [6.07, 6.45) is 2.84. The lowest BCUT2D eigenvalue weighted by Gasteiger charge is -2.09. The number of carbonyl (C=O) groups excluding carboxylic acids is 2. The van der Waals surface area contributed by atoms with E-state index in [1.807, 2.05) is 0 Å². The van der Waals surface area contributed by atoms with E-state index in [-0.39, 0.29) is 12.6 Å². The van der Waals surface area contributed by atoms with E-state index in [2.05, 4.69) is 5.32 Å². The molecule has 0 heterocycles. The van der Waals surface area contributed by atoms with E-state index in [1.165, 1.54) is 6.92 Å². The van der Waals surface area contributed by atoms with Gasteiger partial charge in [0.25, 0.3) is 0 Å². The highest BCUT2D eigenvalue weighted by Gasteiger charge is 2.29. The first-order chi connectivity index (χ1) is 10.9. The minimum absolute atomic E-state index is 0.00605. The van der Waals surface area contributed by atoms with Crippen LogP contribution < -0.4 is 5.32 Å². The van der Waals surface area contributed by atoms with Crippen molar-refractivity contribution in [3.63, 3.8) is 0 Å². The van der Waals surface area contributed by atoms with Crippen molar-refractivity contribution >= 4 is 23.4 Å². The Bertz CT molecular complexity index is 687. The predicted octanol–water partition coefficient (Wildman–Crippen LogP) is 3.14. The smallest absolute Gasteiger partial charge is 0.343 e. The van der Waals surface area contributed by atoms with Gasteiger partial charge in [0.15, 0.2) is 17.5 Å². The van der Waals surface area contributed by atoms with E-state index in [4.69, 9.17) is 16.3 Å². The molecular formula is C15H13ClF3NO3. The Morgan fingerprint density at radius 1 is 1.35 bits per heavy atom. The molecule has 0 aromatic heterocycles. The zero-order chi connectivity index (χ0) is 17.1. The van der Waals surface area contributed by atoms with Crippen molar-refractivity contribution in [2.24, 2.45) is 0 Å². The number of ketones is 1. The van der Waals surface area contributed by atoms with E-state index in [0.717, 1.165) is 19.0 Å². The second-order valence-corrected chi connectivity index (χ2v) is 5.27. The zero-order valence-corrected chi connectivity index (χ0v) is 12.8. The molecular weight excluding hydrogens is 335 g/mol. The molecule has 1 aliphatic rings. The summed E-state index contributed by atoms with van der Waals surface area (Å²) >= 11 is 5.32. The first-order valence-corrected chi connectivity index (χ1v) is 7.25. The van der Waals surface area contributed by atoms with Gasteiger partial charge in [0.2, 0.25) is 5.78 Å². The number of hydrogen-bond acceptors (Lipinski definition) is 4. The van der Waals surface area contributed by atoms with Gasteiger partial charge in [-0.25, -0.2) is 18.0 Å². The molecule has 1 aromatic carbocycles. The van der Waals surface area contributed by atoms with Crippen molar-refractivity contribution in [1.82, 2.24) is 5.32 Å². The van der Waals surface area contributed by atoms with Gasteiger partial charge in [0, 0.05) is 12.2 Å². The second-order valence-electron chi connectivity index (χ2n) is 4.90. The van der Waals surface area contributed by atoms with E-state index in [9.17, 15) is 22.8 Å². The van der Waals surface area contributed by atoms with E-state index in [1.54, 1.807) is 0 Å². The fraction of sp³-hybridized carbons (Fsp3) is 0.333. The highest BCUT2D eigenvalue weighted by atomic mass is 35.5. The molecule has 0 aliphatic heterocycles. The number of nitrogens with one attached hydrogen (secondary N) is 1. The molecule has 1 aromatic rings. The summed E-state index contributed by atoms with van der Waals surface area (Å²) in [7, 11) is 0. The van der Waals surface area contributed by atoms with Gasteiger partial charge in [0.05, 0.1) is 12.2 Å². The third-order valence-electron chi connectivity index (χ3n) is 3.13. The number of ether oxygens (including phenoxy) is 1. The summed E-state index contributed by atoms with van der Waals surface area (Å²) in [5.74, 6) is -6.66. The van der Waals surface area contributed by atoms with Crippen LogP contribution in [0.3, 0.4) is 0 Å². The highest BCUT2D eigenvalue weighted by molar-refractivity contribution is 6.32. The maximum Gasteiger partial charge on any atom is 0.343 e. The maximum atomic E-state index is 14.0. The van der Waals surface area contributed by atoms with Crippen molar-refractivity contribution < 1.29 is 27.5 Å². The van der Waals surface area contributed by atoms with Crippen LogP contribution >= 0.6 is 11.6 Å². The zero-order valence-electron chi connectivity index (χ0n) is 12.1. The third kappa shape index (κ3) is 3.85. The van der Waals surface area contributed by atoms with Gasteiger partial charge >= 0.3 is 5.97 Å². The van der Waals surface area contributed by atoms with E-state index in [0.29, 0.717) is 6.07 Å². The van der Waals surface area contributed by atoms with Gasteiger partial charge in [-0.2, -0.15) is 0 Å². The fourth-order valence-corrected chi connectivity index (χ4v) is 1.95.